The van der Waals surface area contributed by atoms with Crippen LogP contribution in [0, 0.1) is 0 Å². The van der Waals surface area contributed by atoms with Gasteiger partial charge in [0.2, 0.25) is 0 Å². The molecule has 90 valence electrons. The van der Waals surface area contributed by atoms with Crippen LogP contribution >= 0.6 is 0 Å². The monoisotopic (exact) mass is 301 g/mol. The Morgan fingerprint density at radius 2 is 1.50 bits per heavy atom. The third kappa shape index (κ3) is 2.22. The first-order valence-electron chi connectivity index (χ1n) is 5.51. The maximum atomic E-state index is 5.93. The van der Waals surface area contributed by atoms with Crippen molar-refractivity contribution in [1.82, 2.24) is 0 Å². The normalized spacial score (nSPS) is 10.0. The highest BCUT2D eigenvalue weighted by atomic mass is 79.9. The Kier molecular flexibility index (Phi) is 3.63. The molecular weight excluding hydrogens is 290 g/mol. The molecule has 0 radical (unpaired) electrons. The second-order valence-corrected chi connectivity index (χ2v) is 3.93. The van der Waals surface area contributed by atoms with E-state index >= 15 is 0 Å². The van der Waals surface area contributed by atoms with Gasteiger partial charge in [-0.25, -0.2) is 5.41 Å². The fourth-order valence-corrected chi connectivity index (χ4v) is 1.94. The number of hydrogen-bond donors (Lipinski definition) is 1. The van der Waals surface area contributed by atoms with Gasteiger partial charge in [-0.05, 0) is 17.5 Å². The van der Waals surface area contributed by atoms with Crippen LogP contribution in [-0.2, 0) is 0 Å². The van der Waals surface area contributed by atoms with E-state index in [9.17, 15) is 0 Å². The Balaban J connectivity index is 0.00000120. The molecule has 0 atom stereocenters. The second-order valence-electron chi connectivity index (χ2n) is 3.93. The summed E-state index contributed by atoms with van der Waals surface area (Å²) in [6.45, 7) is 0. The zero-order chi connectivity index (χ0) is 11.7. The average molecular weight is 302 g/mol. The minimum absolute atomic E-state index is 0. The first-order valence-corrected chi connectivity index (χ1v) is 5.51. The maximum Gasteiger partial charge on any atom is 0.372 e. The molecule has 1 heterocycles. The Morgan fingerprint density at radius 3 is 2.28 bits per heavy atom. The number of halogens is 1. The molecule has 3 heteroatoms. The van der Waals surface area contributed by atoms with Gasteiger partial charge in [-0.2, -0.15) is 0 Å². The van der Waals surface area contributed by atoms with Crippen LogP contribution in [0.15, 0.2) is 65.1 Å². The Labute approximate surface area is 115 Å². The molecule has 0 unspecified atom stereocenters. The van der Waals surface area contributed by atoms with Crippen molar-refractivity contribution in [3.05, 3.63) is 66.2 Å². The number of hydrogen-bond acceptors (Lipinski definition) is 1. The summed E-state index contributed by atoms with van der Waals surface area (Å²) in [5, 5.41) is 7.97. The molecule has 0 aliphatic rings. The van der Waals surface area contributed by atoms with Crippen LogP contribution in [0.5, 0.6) is 0 Å². The highest BCUT2D eigenvalue weighted by Gasteiger charge is 2.05. The summed E-state index contributed by atoms with van der Waals surface area (Å²) in [4.78, 5) is 0. The molecule has 3 aromatic rings. The molecule has 0 amide bonds. The predicted octanol–water partition coefficient (Wildman–Crippen LogP) is -1.24. The summed E-state index contributed by atoms with van der Waals surface area (Å²) in [7, 11) is 0. The van der Waals surface area contributed by atoms with Gasteiger partial charge in [0.15, 0.2) is 0 Å². The van der Waals surface area contributed by atoms with Crippen molar-refractivity contribution >= 4 is 10.8 Å². The van der Waals surface area contributed by atoms with Crippen LogP contribution in [0.1, 0.15) is 0 Å². The molecule has 0 saturated heterocycles. The fraction of sp³-hybridized carbons (Fsp3) is 0. The Morgan fingerprint density at radius 1 is 0.833 bits per heavy atom. The maximum absolute atomic E-state index is 5.93. The van der Waals surface area contributed by atoms with Crippen LogP contribution < -0.4 is 27.9 Å². The van der Waals surface area contributed by atoms with Crippen molar-refractivity contribution in [2.24, 2.45) is 0 Å². The number of benzene rings is 2. The molecule has 0 spiro atoms. The van der Waals surface area contributed by atoms with E-state index in [4.69, 9.17) is 9.83 Å². The van der Waals surface area contributed by atoms with Crippen molar-refractivity contribution in [3.8, 4) is 11.3 Å². The lowest BCUT2D eigenvalue weighted by molar-refractivity contribution is -0.195. The Hall–Kier alpha value is -1.87. The van der Waals surface area contributed by atoms with Gasteiger partial charge < -0.3 is 21.4 Å². The van der Waals surface area contributed by atoms with Crippen molar-refractivity contribution in [2.45, 2.75) is 0 Å². The molecule has 2 aromatic carbocycles. The molecule has 0 fully saturated rings. The van der Waals surface area contributed by atoms with E-state index in [2.05, 4.69) is 0 Å². The molecule has 2 nitrogen and oxygen atoms in total. The summed E-state index contributed by atoms with van der Waals surface area (Å²) < 4.78 is 5.65. The summed E-state index contributed by atoms with van der Waals surface area (Å²) in [5.41, 5.74) is 1.49. The van der Waals surface area contributed by atoms with Gasteiger partial charge >= 0.3 is 5.55 Å². The van der Waals surface area contributed by atoms with Gasteiger partial charge in [-0.1, -0.05) is 48.5 Å². The van der Waals surface area contributed by atoms with E-state index in [-0.39, 0.29) is 17.0 Å². The van der Waals surface area contributed by atoms with Gasteiger partial charge in [0, 0.05) is 5.56 Å². The lowest BCUT2D eigenvalue weighted by Crippen LogP contribution is -3.00. The largest absolute Gasteiger partial charge is 1.00 e. The van der Waals surface area contributed by atoms with E-state index in [1.54, 1.807) is 0 Å². The zero-order valence-electron chi connectivity index (χ0n) is 9.64. The molecule has 2 N–H and O–H groups in total. The van der Waals surface area contributed by atoms with Crippen LogP contribution in [0.25, 0.3) is 22.1 Å². The van der Waals surface area contributed by atoms with Crippen molar-refractivity contribution in [2.75, 3.05) is 0 Å². The van der Waals surface area contributed by atoms with Crippen molar-refractivity contribution in [3.63, 3.8) is 0 Å². The number of rotatable bonds is 1. The summed E-state index contributed by atoms with van der Waals surface area (Å²) >= 11 is 0. The van der Waals surface area contributed by atoms with Gasteiger partial charge in [-0.3, -0.25) is 0 Å². The van der Waals surface area contributed by atoms with Crippen LogP contribution in [0.4, 0.5) is 0 Å². The third-order valence-electron chi connectivity index (χ3n) is 2.79. The standard InChI is InChI=1S/C15H11NO.BrH/c16-15-13-9-5-4-8-12(13)10-14(17-15)11-6-2-1-3-7-11;/h1-10,16H;1H. The minimum Gasteiger partial charge on any atom is -1.00 e. The van der Waals surface area contributed by atoms with Crippen LogP contribution in [-0.4, -0.2) is 0 Å². The molecule has 0 bridgehead atoms. The smallest absolute Gasteiger partial charge is 0.372 e. The van der Waals surface area contributed by atoms with E-state index in [0.29, 0.717) is 5.55 Å². The summed E-state index contributed by atoms with van der Waals surface area (Å²) in [6, 6.07) is 19.9. The van der Waals surface area contributed by atoms with Crippen LogP contribution in [0.2, 0.25) is 0 Å². The third-order valence-corrected chi connectivity index (χ3v) is 2.79. The van der Waals surface area contributed by atoms with Crippen molar-refractivity contribution < 1.29 is 26.8 Å². The number of fused-ring (bicyclic) bond motifs is 1. The topological polar surface area (TPSA) is 38.7 Å². The highest BCUT2D eigenvalue weighted by Crippen LogP contribution is 2.20. The van der Waals surface area contributed by atoms with E-state index < -0.39 is 0 Å². The average Bonchev–Trinajstić information content (AvgIpc) is 2.40. The second kappa shape index (κ2) is 5.19. The van der Waals surface area contributed by atoms with Gasteiger partial charge in [0.25, 0.3) is 0 Å². The first kappa shape index (κ1) is 12.6. The highest BCUT2D eigenvalue weighted by molar-refractivity contribution is 5.83. The fourth-order valence-electron chi connectivity index (χ4n) is 1.94. The molecule has 0 aliphatic carbocycles. The molecule has 1 aromatic heterocycles. The summed E-state index contributed by atoms with van der Waals surface area (Å²) in [6.07, 6.45) is 0. The molecule has 18 heavy (non-hydrogen) atoms. The first-order chi connectivity index (χ1) is 8.34. The summed E-state index contributed by atoms with van der Waals surface area (Å²) in [5.74, 6) is 0.793. The SMILES string of the molecule is [Br-].[NH2+]=c1oc(-c2ccccc2)cc2ccccc12. The van der Waals surface area contributed by atoms with E-state index in [0.717, 1.165) is 22.1 Å². The Bertz CT molecular complexity index is 719. The van der Waals surface area contributed by atoms with E-state index in [1.807, 2.05) is 60.7 Å². The molecular formula is C15H12BrNO. The zero-order valence-corrected chi connectivity index (χ0v) is 11.2. The lowest BCUT2D eigenvalue weighted by Gasteiger charge is -2.01. The van der Waals surface area contributed by atoms with E-state index in [1.165, 1.54) is 0 Å². The van der Waals surface area contributed by atoms with Gasteiger partial charge in [0.05, 0.1) is 5.39 Å². The van der Waals surface area contributed by atoms with Gasteiger partial charge in [0.1, 0.15) is 5.76 Å². The van der Waals surface area contributed by atoms with Gasteiger partial charge in [-0.15, -0.1) is 0 Å². The van der Waals surface area contributed by atoms with Crippen molar-refractivity contribution in [1.29, 1.82) is 0 Å². The quantitative estimate of drug-likeness (QED) is 0.600. The van der Waals surface area contributed by atoms with Crippen LogP contribution in [0.3, 0.4) is 0 Å². The molecule has 0 aliphatic heterocycles. The predicted molar refractivity (Wildman–Crippen MR) is 66.7 cm³/mol. The molecule has 3 rings (SSSR count). The molecule has 0 saturated carbocycles. The minimum atomic E-state index is 0. The lowest BCUT2D eigenvalue weighted by atomic mass is 10.1. The number of nitrogens with two attached hydrogens (primary N) is 1.